The molecule has 0 atom stereocenters. The molecule has 1 aliphatic heterocycles. The average Bonchev–Trinajstić information content (AvgIpc) is 3.09. The van der Waals surface area contributed by atoms with Gasteiger partial charge in [-0.15, -0.1) is 16.8 Å². The lowest BCUT2D eigenvalue weighted by Crippen LogP contribution is -2.42. The van der Waals surface area contributed by atoms with Crippen molar-refractivity contribution >= 4 is 23.6 Å². The van der Waals surface area contributed by atoms with E-state index in [0.29, 0.717) is 43.5 Å². The molecule has 1 fully saturated rings. The molecule has 7 nitrogen and oxygen atoms in total. The maximum atomic E-state index is 13.2. The van der Waals surface area contributed by atoms with E-state index in [1.54, 1.807) is 23.1 Å². The Labute approximate surface area is 166 Å². The van der Waals surface area contributed by atoms with Gasteiger partial charge in [0.1, 0.15) is 5.82 Å². The highest BCUT2D eigenvalue weighted by Gasteiger charge is 2.26. The van der Waals surface area contributed by atoms with Gasteiger partial charge in [-0.3, -0.25) is 14.2 Å². The van der Waals surface area contributed by atoms with Crippen molar-refractivity contribution in [3.63, 3.8) is 0 Å². The molecule has 0 unspecified atom stereocenters. The Morgan fingerprint density at radius 1 is 1.25 bits per heavy atom. The molecule has 28 heavy (non-hydrogen) atoms. The predicted molar refractivity (Wildman–Crippen MR) is 105 cm³/mol. The fraction of sp³-hybridized carbons (Fsp3) is 0.368. The van der Waals surface area contributed by atoms with Crippen LogP contribution in [0.4, 0.5) is 4.39 Å². The lowest BCUT2D eigenvalue weighted by atomic mass is 9.96. The number of hydrogen-bond donors (Lipinski definition) is 1. The third kappa shape index (κ3) is 4.59. The standard InChI is InChI=1S/C19H22FN5O2S/c1-2-9-25-18(14-3-5-15(20)6-4-14)22-23-19(25)28-12-16(26)24-10-7-13(8-11-24)17(21)27/h2-6,13H,1,7-12H2,(H2,21,27). The van der Waals surface area contributed by atoms with Gasteiger partial charge in [-0.25, -0.2) is 4.39 Å². The second-order valence-electron chi connectivity index (χ2n) is 6.56. The summed E-state index contributed by atoms with van der Waals surface area (Å²) in [4.78, 5) is 25.5. The molecule has 1 saturated heterocycles. The van der Waals surface area contributed by atoms with Crippen molar-refractivity contribution < 1.29 is 14.0 Å². The Kier molecular flexibility index (Phi) is 6.45. The number of rotatable bonds is 7. The SMILES string of the molecule is C=CCn1c(SCC(=O)N2CCC(C(N)=O)CC2)nnc1-c1ccc(F)cc1. The Balaban J connectivity index is 1.66. The van der Waals surface area contributed by atoms with E-state index in [1.165, 1.54) is 23.9 Å². The third-order valence-electron chi connectivity index (χ3n) is 4.71. The first-order chi connectivity index (χ1) is 13.5. The van der Waals surface area contributed by atoms with E-state index >= 15 is 0 Å². The van der Waals surface area contributed by atoms with Crippen molar-refractivity contribution in [2.24, 2.45) is 11.7 Å². The van der Waals surface area contributed by atoms with Gasteiger partial charge in [-0.05, 0) is 37.1 Å². The molecule has 1 aromatic carbocycles. The molecule has 0 aliphatic carbocycles. The van der Waals surface area contributed by atoms with Crippen LogP contribution in [0, 0.1) is 11.7 Å². The smallest absolute Gasteiger partial charge is 0.233 e. The number of primary amides is 1. The van der Waals surface area contributed by atoms with Crippen LogP contribution in [0.3, 0.4) is 0 Å². The number of carbonyl (C=O) groups excluding carboxylic acids is 2. The maximum Gasteiger partial charge on any atom is 0.233 e. The van der Waals surface area contributed by atoms with Gasteiger partial charge in [0.25, 0.3) is 0 Å². The summed E-state index contributed by atoms with van der Waals surface area (Å²) < 4.78 is 15.0. The number of nitrogens with zero attached hydrogens (tertiary/aromatic N) is 4. The summed E-state index contributed by atoms with van der Waals surface area (Å²) in [6.45, 7) is 5.30. The lowest BCUT2D eigenvalue weighted by Gasteiger charge is -2.30. The quantitative estimate of drug-likeness (QED) is 0.564. The minimum absolute atomic E-state index is 0.00981. The van der Waals surface area contributed by atoms with Gasteiger partial charge >= 0.3 is 0 Å². The average molecular weight is 403 g/mol. The van der Waals surface area contributed by atoms with Crippen molar-refractivity contribution in [3.05, 3.63) is 42.7 Å². The van der Waals surface area contributed by atoms with Gasteiger partial charge in [0.15, 0.2) is 11.0 Å². The fourth-order valence-electron chi connectivity index (χ4n) is 3.13. The van der Waals surface area contributed by atoms with Crippen molar-refractivity contribution in [2.75, 3.05) is 18.8 Å². The van der Waals surface area contributed by atoms with Gasteiger partial charge in [-0.2, -0.15) is 0 Å². The Morgan fingerprint density at radius 3 is 2.54 bits per heavy atom. The number of benzene rings is 1. The summed E-state index contributed by atoms with van der Waals surface area (Å²) in [6.07, 6.45) is 2.93. The maximum absolute atomic E-state index is 13.2. The first kappa shape index (κ1) is 20.1. The second kappa shape index (κ2) is 9.01. The molecular formula is C19H22FN5O2S. The molecule has 148 valence electrons. The number of allylic oxidation sites excluding steroid dienone is 1. The molecular weight excluding hydrogens is 381 g/mol. The van der Waals surface area contributed by atoms with Gasteiger partial charge in [0, 0.05) is 31.1 Å². The Hall–Kier alpha value is -2.68. The number of aromatic nitrogens is 3. The van der Waals surface area contributed by atoms with Crippen LogP contribution < -0.4 is 5.73 Å². The number of halogens is 1. The van der Waals surface area contributed by atoms with Gasteiger partial charge in [0.05, 0.1) is 5.75 Å². The van der Waals surface area contributed by atoms with Crippen LogP contribution in [0.2, 0.25) is 0 Å². The zero-order valence-corrected chi connectivity index (χ0v) is 16.2. The number of hydrogen-bond acceptors (Lipinski definition) is 5. The van der Waals surface area contributed by atoms with Crippen molar-refractivity contribution in [1.82, 2.24) is 19.7 Å². The molecule has 2 amide bonds. The van der Waals surface area contributed by atoms with E-state index in [4.69, 9.17) is 5.73 Å². The zero-order valence-electron chi connectivity index (χ0n) is 15.4. The van der Waals surface area contributed by atoms with E-state index < -0.39 is 0 Å². The highest BCUT2D eigenvalue weighted by molar-refractivity contribution is 7.99. The van der Waals surface area contributed by atoms with Crippen LogP contribution in [-0.4, -0.2) is 50.3 Å². The van der Waals surface area contributed by atoms with Crippen molar-refractivity contribution in [3.8, 4) is 11.4 Å². The Morgan fingerprint density at radius 2 is 1.93 bits per heavy atom. The summed E-state index contributed by atoms with van der Waals surface area (Å²) in [5.74, 6) is 0.0401. The monoisotopic (exact) mass is 403 g/mol. The molecule has 3 rings (SSSR count). The summed E-state index contributed by atoms with van der Waals surface area (Å²) in [5, 5.41) is 8.99. The normalized spacial score (nSPS) is 14.8. The van der Waals surface area contributed by atoms with Crippen molar-refractivity contribution in [2.45, 2.75) is 24.5 Å². The number of piperidine rings is 1. The van der Waals surface area contributed by atoms with E-state index in [-0.39, 0.29) is 29.3 Å². The first-order valence-electron chi connectivity index (χ1n) is 8.99. The van der Waals surface area contributed by atoms with E-state index in [1.807, 2.05) is 4.57 Å². The minimum atomic E-state index is -0.321. The van der Waals surface area contributed by atoms with Crippen LogP contribution in [0.25, 0.3) is 11.4 Å². The van der Waals surface area contributed by atoms with Crippen molar-refractivity contribution in [1.29, 1.82) is 0 Å². The molecule has 0 bridgehead atoms. The predicted octanol–water partition coefficient (Wildman–Crippen LogP) is 2.09. The van der Waals surface area contributed by atoms with E-state index in [0.717, 1.165) is 5.56 Å². The number of carbonyl (C=O) groups is 2. The topological polar surface area (TPSA) is 94.1 Å². The molecule has 2 heterocycles. The van der Waals surface area contributed by atoms with Crippen LogP contribution in [0.15, 0.2) is 42.1 Å². The zero-order chi connectivity index (χ0) is 20.1. The lowest BCUT2D eigenvalue weighted by molar-refractivity contribution is -0.132. The molecule has 1 aliphatic rings. The minimum Gasteiger partial charge on any atom is -0.369 e. The summed E-state index contributed by atoms with van der Waals surface area (Å²) in [5.41, 5.74) is 6.07. The number of likely N-dealkylation sites (tertiary alicyclic amines) is 1. The van der Waals surface area contributed by atoms with Gasteiger partial charge in [0.2, 0.25) is 11.8 Å². The first-order valence-corrected chi connectivity index (χ1v) is 9.98. The van der Waals surface area contributed by atoms with Crippen LogP contribution in [0.5, 0.6) is 0 Å². The van der Waals surface area contributed by atoms with Crippen LogP contribution in [-0.2, 0) is 16.1 Å². The highest BCUT2D eigenvalue weighted by Crippen LogP contribution is 2.25. The molecule has 0 radical (unpaired) electrons. The van der Waals surface area contributed by atoms with Gasteiger partial charge in [-0.1, -0.05) is 17.8 Å². The van der Waals surface area contributed by atoms with Crippen LogP contribution in [0.1, 0.15) is 12.8 Å². The van der Waals surface area contributed by atoms with E-state index in [2.05, 4.69) is 16.8 Å². The number of nitrogens with two attached hydrogens (primary N) is 1. The van der Waals surface area contributed by atoms with Crippen LogP contribution >= 0.6 is 11.8 Å². The fourth-order valence-corrected chi connectivity index (χ4v) is 3.98. The summed E-state index contributed by atoms with van der Waals surface area (Å²) in [6, 6.07) is 6.02. The summed E-state index contributed by atoms with van der Waals surface area (Å²) in [7, 11) is 0. The number of thioether (sulfide) groups is 1. The Bertz CT molecular complexity index is 860. The number of amides is 2. The summed E-state index contributed by atoms with van der Waals surface area (Å²) >= 11 is 1.30. The largest absolute Gasteiger partial charge is 0.369 e. The molecule has 2 N–H and O–H groups in total. The highest BCUT2D eigenvalue weighted by atomic mass is 32.2. The molecule has 0 spiro atoms. The van der Waals surface area contributed by atoms with E-state index in [9.17, 15) is 14.0 Å². The molecule has 1 aromatic heterocycles. The molecule has 2 aromatic rings. The third-order valence-corrected chi connectivity index (χ3v) is 5.66. The van der Waals surface area contributed by atoms with Gasteiger partial charge < -0.3 is 10.6 Å². The molecule has 0 saturated carbocycles. The molecule has 9 heteroatoms. The second-order valence-corrected chi connectivity index (χ2v) is 7.50.